The SMILES string of the molecule is COC(=O)c1ccc(F)cc1NC(=O)C1CSCCN1. The van der Waals surface area contributed by atoms with Crippen LogP contribution in [-0.2, 0) is 9.53 Å². The maximum absolute atomic E-state index is 13.3. The molecule has 2 rings (SSSR count). The van der Waals surface area contributed by atoms with Crippen molar-refractivity contribution in [3.05, 3.63) is 29.6 Å². The van der Waals surface area contributed by atoms with Gasteiger partial charge in [-0.3, -0.25) is 4.79 Å². The number of thioether (sulfide) groups is 1. The number of carbonyl (C=O) groups is 2. The minimum Gasteiger partial charge on any atom is -0.465 e. The summed E-state index contributed by atoms with van der Waals surface area (Å²) in [5, 5.41) is 5.65. The standard InChI is InChI=1S/C13H15FN2O3S/c1-19-13(18)9-3-2-8(14)6-10(9)16-12(17)11-7-20-5-4-15-11/h2-3,6,11,15H,4-5,7H2,1H3,(H,16,17). The maximum Gasteiger partial charge on any atom is 0.339 e. The first-order chi connectivity index (χ1) is 9.61. The highest BCUT2D eigenvalue weighted by molar-refractivity contribution is 7.99. The van der Waals surface area contributed by atoms with Gasteiger partial charge in [-0.25, -0.2) is 9.18 Å². The van der Waals surface area contributed by atoms with Crippen LogP contribution in [0, 0.1) is 5.82 Å². The van der Waals surface area contributed by atoms with Gasteiger partial charge in [0.2, 0.25) is 5.91 Å². The predicted octanol–water partition coefficient (Wildman–Crippen LogP) is 1.26. The molecule has 1 aromatic carbocycles. The molecule has 0 aromatic heterocycles. The molecule has 0 saturated carbocycles. The molecule has 7 heteroatoms. The number of hydrogen-bond acceptors (Lipinski definition) is 5. The summed E-state index contributed by atoms with van der Waals surface area (Å²) in [5.41, 5.74) is 0.255. The average Bonchev–Trinajstić information content (AvgIpc) is 2.47. The number of nitrogens with one attached hydrogen (secondary N) is 2. The van der Waals surface area contributed by atoms with Crippen LogP contribution in [0.4, 0.5) is 10.1 Å². The number of methoxy groups -OCH3 is 1. The van der Waals surface area contributed by atoms with Crippen LogP contribution in [0.2, 0.25) is 0 Å². The molecule has 1 fully saturated rings. The summed E-state index contributed by atoms with van der Waals surface area (Å²) < 4.78 is 17.9. The summed E-state index contributed by atoms with van der Waals surface area (Å²) in [4.78, 5) is 23.7. The molecule has 1 heterocycles. The van der Waals surface area contributed by atoms with Gasteiger partial charge in [0.25, 0.3) is 0 Å². The zero-order chi connectivity index (χ0) is 14.5. The van der Waals surface area contributed by atoms with E-state index in [-0.39, 0.29) is 23.2 Å². The maximum atomic E-state index is 13.3. The number of amides is 1. The Labute approximate surface area is 120 Å². The van der Waals surface area contributed by atoms with E-state index in [0.29, 0.717) is 5.75 Å². The molecule has 0 radical (unpaired) electrons. The number of halogens is 1. The first-order valence-electron chi connectivity index (χ1n) is 6.11. The molecule has 0 spiro atoms. The van der Waals surface area contributed by atoms with Crippen molar-refractivity contribution >= 4 is 29.3 Å². The Kier molecular flexibility index (Phi) is 4.97. The van der Waals surface area contributed by atoms with E-state index in [9.17, 15) is 14.0 Å². The van der Waals surface area contributed by atoms with Gasteiger partial charge in [-0.1, -0.05) is 0 Å². The topological polar surface area (TPSA) is 67.4 Å². The molecule has 108 valence electrons. The van der Waals surface area contributed by atoms with Gasteiger partial charge in [0.05, 0.1) is 24.4 Å². The van der Waals surface area contributed by atoms with Crippen LogP contribution in [0.15, 0.2) is 18.2 Å². The smallest absolute Gasteiger partial charge is 0.339 e. The lowest BCUT2D eigenvalue weighted by atomic mass is 10.1. The van der Waals surface area contributed by atoms with Gasteiger partial charge < -0.3 is 15.4 Å². The van der Waals surface area contributed by atoms with E-state index in [1.165, 1.54) is 13.2 Å². The van der Waals surface area contributed by atoms with E-state index in [4.69, 9.17) is 0 Å². The third-order valence-electron chi connectivity index (χ3n) is 2.88. The van der Waals surface area contributed by atoms with Crippen LogP contribution in [0.25, 0.3) is 0 Å². The number of anilines is 1. The Morgan fingerprint density at radius 3 is 2.95 bits per heavy atom. The number of carbonyl (C=O) groups excluding carboxylic acids is 2. The highest BCUT2D eigenvalue weighted by Crippen LogP contribution is 2.19. The molecule has 2 N–H and O–H groups in total. The molecular formula is C13H15FN2O3S. The van der Waals surface area contributed by atoms with Crippen molar-refractivity contribution in [2.24, 2.45) is 0 Å². The summed E-state index contributed by atoms with van der Waals surface area (Å²) >= 11 is 1.67. The molecule has 0 bridgehead atoms. The Morgan fingerprint density at radius 1 is 1.50 bits per heavy atom. The zero-order valence-electron chi connectivity index (χ0n) is 10.9. The molecule has 1 saturated heterocycles. The second-order valence-corrected chi connectivity index (χ2v) is 5.40. The van der Waals surface area contributed by atoms with Crippen LogP contribution in [0.3, 0.4) is 0 Å². The summed E-state index contributed by atoms with van der Waals surface area (Å²) in [7, 11) is 1.23. The predicted molar refractivity (Wildman–Crippen MR) is 75.5 cm³/mol. The molecule has 1 aromatic rings. The Morgan fingerprint density at radius 2 is 2.30 bits per heavy atom. The van der Waals surface area contributed by atoms with Gasteiger partial charge in [-0.15, -0.1) is 0 Å². The average molecular weight is 298 g/mol. The fourth-order valence-electron chi connectivity index (χ4n) is 1.86. The van der Waals surface area contributed by atoms with Gasteiger partial charge in [0.1, 0.15) is 5.82 Å². The lowest BCUT2D eigenvalue weighted by Gasteiger charge is -2.22. The first-order valence-corrected chi connectivity index (χ1v) is 7.27. The van der Waals surface area contributed by atoms with Crippen LogP contribution < -0.4 is 10.6 Å². The summed E-state index contributed by atoms with van der Waals surface area (Å²) in [6.07, 6.45) is 0. The van der Waals surface area contributed by atoms with Gasteiger partial charge in [-0.05, 0) is 18.2 Å². The van der Waals surface area contributed by atoms with E-state index in [1.54, 1.807) is 11.8 Å². The van der Waals surface area contributed by atoms with Crippen molar-refractivity contribution in [2.45, 2.75) is 6.04 Å². The Balaban J connectivity index is 2.16. The second kappa shape index (κ2) is 6.71. The Bertz CT molecular complexity index is 518. The third-order valence-corrected chi connectivity index (χ3v) is 3.94. The van der Waals surface area contributed by atoms with E-state index in [0.717, 1.165) is 24.4 Å². The van der Waals surface area contributed by atoms with Crippen molar-refractivity contribution in [1.29, 1.82) is 0 Å². The molecule has 1 unspecified atom stereocenters. The Hall–Kier alpha value is -1.60. The number of benzene rings is 1. The molecule has 1 atom stereocenters. The molecule has 5 nitrogen and oxygen atoms in total. The lowest BCUT2D eigenvalue weighted by molar-refractivity contribution is -0.117. The van der Waals surface area contributed by atoms with Crippen LogP contribution in [0.1, 0.15) is 10.4 Å². The van der Waals surface area contributed by atoms with Gasteiger partial charge in [0.15, 0.2) is 0 Å². The van der Waals surface area contributed by atoms with E-state index >= 15 is 0 Å². The molecule has 1 aliphatic heterocycles. The van der Waals surface area contributed by atoms with E-state index in [1.807, 2.05) is 0 Å². The van der Waals surface area contributed by atoms with Crippen molar-refractivity contribution in [3.63, 3.8) is 0 Å². The van der Waals surface area contributed by atoms with Crippen molar-refractivity contribution in [3.8, 4) is 0 Å². The first kappa shape index (κ1) is 14.8. The van der Waals surface area contributed by atoms with Gasteiger partial charge >= 0.3 is 5.97 Å². The molecule has 0 aliphatic carbocycles. The number of esters is 1. The van der Waals surface area contributed by atoms with Crippen molar-refractivity contribution in [1.82, 2.24) is 5.32 Å². The van der Waals surface area contributed by atoms with Crippen molar-refractivity contribution < 1.29 is 18.7 Å². The van der Waals surface area contributed by atoms with Gasteiger partial charge in [0, 0.05) is 18.1 Å². The lowest BCUT2D eigenvalue weighted by Crippen LogP contribution is -2.46. The molecular weight excluding hydrogens is 283 g/mol. The monoisotopic (exact) mass is 298 g/mol. The summed E-state index contributed by atoms with van der Waals surface area (Å²) in [5.74, 6) is 0.171. The van der Waals surface area contributed by atoms with Crippen LogP contribution >= 0.6 is 11.8 Å². The number of hydrogen-bond donors (Lipinski definition) is 2. The van der Waals surface area contributed by atoms with Crippen molar-refractivity contribution in [2.75, 3.05) is 30.5 Å². The third kappa shape index (κ3) is 3.49. The van der Waals surface area contributed by atoms with E-state index in [2.05, 4.69) is 15.4 Å². The van der Waals surface area contributed by atoms with Gasteiger partial charge in [-0.2, -0.15) is 11.8 Å². The molecule has 20 heavy (non-hydrogen) atoms. The van der Waals surface area contributed by atoms with Crippen LogP contribution in [0.5, 0.6) is 0 Å². The summed E-state index contributed by atoms with van der Waals surface area (Å²) in [6.45, 7) is 0.746. The summed E-state index contributed by atoms with van der Waals surface area (Å²) in [6, 6.07) is 3.21. The quantitative estimate of drug-likeness (QED) is 0.822. The highest BCUT2D eigenvalue weighted by Gasteiger charge is 2.23. The second-order valence-electron chi connectivity index (χ2n) is 4.25. The minimum absolute atomic E-state index is 0.124. The molecule has 1 aliphatic rings. The number of ether oxygens (including phenoxy) is 1. The fraction of sp³-hybridized carbons (Fsp3) is 0.385. The largest absolute Gasteiger partial charge is 0.465 e. The number of rotatable bonds is 3. The fourth-order valence-corrected chi connectivity index (χ4v) is 2.80. The molecule has 1 amide bonds. The highest BCUT2D eigenvalue weighted by atomic mass is 32.2. The van der Waals surface area contributed by atoms with Crippen LogP contribution in [-0.4, -0.2) is 43.1 Å². The van der Waals surface area contributed by atoms with E-state index < -0.39 is 11.8 Å². The normalized spacial score (nSPS) is 18.4. The minimum atomic E-state index is -0.619. The zero-order valence-corrected chi connectivity index (χ0v) is 11.8.